The van der Waals surface area contributed by atoms with E-state index in [2.05, 4.69) is 5.32 Å². The van der Waals surface area contributed by atoms with Crippen LogP contribution < -0.4 is 5.32 Å². The Labute approximate surface area is 93.5 Å². The van der Waals surface area contributed by atoms with Crippen LogP contribution in [0.3, 0.4) is 0 Å². The van der Waals surface area contributed by atoms with E-state index in [1.807, 2.05) is 0 Å². The highest BCUT2D eigenvalue weighted by atomic mass is 16.3. The standard InChI is InChI=1S/C13H25NO/c15-13-8-6-12(7-9-13)14-10-11-4-2-1-3-5-11/h11-15H,1-10H2. The van der Waals surface area contributed by atoms with Crippen LogP contribution in [-0.2, 0) is 0 Å². The number of nitrogens with one attached hydrogen (secondary N) is 1. The molecule has 0 saturated heterocycles. The third-order valence-corrected chi connectivity index (χ3v) is 4.12. The molecule has 88 valence electrons. The van der Waals surface area contributed by atoms with Crippen LogP contribution >= 0.6 is 0 Å². The summed E-state index contributed by atoms with van der Waals surface area (Å²) >= 11 is 0. The minimum atomic E-state index is -0.0160. The lowest BCUT2D eigenvalue weighted by Crippen LogP contribution is -2.37. The summed E-state index contributed by atoms with van der Waals surface area (Å²) in [5, 5.41) is 13.1. The van der Waals surface area contributed by atoms with Crippen molar-refractivity contribution in [3.63, 3.8) is 0 Å². The van der Waals surface area contributed by atoms with E-state index in [0.717, 1.165) is 18.8 Å². The summed E-state index contributed by atoms with van der Waals surface area (Å²) < 4.78 is 0. The highest BCUT2D eigenvalue weighted by Gasteiger charge is 2.20. The molecule has 0 atom stereocenters. The zero-order chi connectivity index (χ0) is 10.5. The van der Waals surface area contributed by atoms with E-state index < -0.39 is 0 Å². The van der Waals surface area contributed by atoms with Gasteiger partial charge in [-0.3, -0.25) is 0 Å². The number of aliphatic hydroxyl groups excluding tert-OH is 1. The fourth-order valence-corrected chi connectivity index (χ4v) is 3.00. The third-order valence-electron chi connectivity index (χ3n) is 4.12. The average molecular weight is 211 g/mol. The van der Waals surface area contributed by atoms with Crippen LogP contribution in [0, 0.1) is 5.92 Å². The third kappa shape index (κ3) is 3.76. The highest BCUT2D eigenvalue weighted by Crippen LogP contribution is 2.24. The molecule has 2 nitrogen and oxygen atoms in total. The molecule has 0 spiro atoms. The average Bonchev–Trinajstić information content (AvgIpc) is 2.30. The predicted octanol–water partition coefficient (Wildman–Crippen LogP) is 2.46. The number of aliphatic hydroxyl groups is 1. The normalized spacial score (nSPS) is 34.2. The largest absolute Gasteiger partial charge is 0.393 e. The van der Waals surface area contributed by atoms with Crippen LogP contribution in [0.4, 0.5) is 0 Å². The van der Waals surface area contributed by atoms with E-state index >= 15 is 0 Å². The molecule has 0 aromatic carbocycles. The number of hydrogen-bond acceptors (Lipinski definition) is 2. The van der Waals surface area contributed by atoms with Crippen LogP contribution in [0.1, 0.15) is 57.8 Å². The Kier molecular flexibility index (Phi) is 4.45. The van der Waals surface area contributed by atoms with E-state index in [0.29, 0.717) is 6.04 Å². The Bertz CT molecular complexity index is 169. The zero-order valence-electron chi connectivity index (χ0n) is 9.75. The molecule has 2 rings (SSSR count). The summed E-state index contributed by atoms with van der Waals surface area (Å²) in [6.45, 7) is 1.22. The second-order valence-electron chi connectivity index (χ2n) is 5.42. The van der Waals surface area contributed by atoms with Gasteiger partial charge in [0.05, 0.1) is 6.10 Å². The first-order valence-corrected chi connectivity index (χ1v) is 6.76. The van der Waals surface area contributed by atoms with Crippen LogP contribution in [0.5, 0.6) is 0 Å². The lowest BCUT2D eigenvalue weighted by Gasteiger charge is -2.29. The van der Waals surface area contributed by atoms with Gasteiger partial charge in [-0.15, -0.1) is 0 Å². The van der Waals surface area contributed by atoms with Crippen molar-refractivity contribution < 1.29 is 5.11 Å². The monoisotopic (exact) mass is 211 g/mol. The molecule has 2 N–H and O–H groups in total. The molecule has 2 saturated carbocycles. The van der Waals surface area contributed by atoms with Crippen molar-refractivity contribution in [1.29, 1.82) is 0 Å². The molecule has 0 aromatic rings. The van der Waals surface area contributed by atoms with Gasteiger partial charge >= 0.3 is 0 Å². The minimum absolute atomic E-state index is 0.0160. The Balaban J connectivity index is 1.60. The Morgan fingerprint density at radius 3 is 2.20 bits per heavy atom. The second-order valence-corrected chi connectivity index (χ2v) is 5.42. The van der Waals surface area contributed by atoms with E-state index in [-0.39, 0.29) is 6.10 Å². The van der Waals surface area contributed by atoms with Gasteiger partial charge in [-0.2, -0.15) is 0 Å². The van der Waals surface area contributed by atoms with Crippen molar-refractivity contribution in [1.82, 2.24) is 5.32 Å². The maximum absolute atomic E-state index is 9.42. The summed E-state index contributed by atoms with van der Waals surface area (Å²) in [6, 6.07) is 0.690. The molecule has 2 aliphatic carbocycles. The van der Waals surface area contributed by atoms with Crippen molar-refractivity contribution in [3.05, 3.63) is 0 Å². The second kappa shape index (κ2) is 5.86. The molecule has 0 heterocycles. The topological polar surface area (TPSA) is 32.3 Å². The smallest absolute Gasteiger partial charge is 0.0541 e. The lowest BCUT2D eigenvalue weighted by molar-refractivity contribution is 0.115. The van der Waals surface area contributed by atoms with Crippen molar-refractivity contribution in [2.45, 2.75) is 69.9 Å². The molecule has 0 radical (unpaired) electrons. The van der Waals surface area contributed by atoms with Crippen molar-refractivity contribution in [2.24, 2.45) is 5.92 Å². The van der Waals surface area contributed by atoms with Crippen molar-refractivity contribution in [3.8, 4) is 0 Å². The molecule has 15 heavy (non-hydrogen) atoms. The summed E-state index contributed by atoms with van der Waals surface area (Å²) in [4.78, 5) is 0. The minimum Gasteiger partial charge on any atom is -0.393 e. The first kappa shape index (κ1) is 11.4. The van der Waals surface area contributed by atoms with E-state index in [4.69, 9.17) is 0 Å². The van der Waals surface area contributed by atoms with Gasteiger partial charge in [-0.1, -0.05) is 19.3 Å². The number of rotatable bonds is 3. The summed E-state index contributed by atoms with van der Waals surface area (Å²) in [7, 11) is 0. The summed E-state index contributed by atoms with van der Waals surface area (Å²) in [5.74, 6) is 0.936. The summed E-state index contributed by atoms with van der Waals surface area (Å²) in [6.07, 6.45) is 11.5. The van der Waals surface area contributed by atoms with Gasteiger partial charge in [0.15, 0.2) is 0 Å². The SMILES string of the molecule is OC1CCC(NCC2CCCCC2)CC1. The van der Waals surface area contributed by atoms with Gasteiger partial charge in [0.2, 0.25) is 0 Å². The van der Waals surface area contributed by atoms with Gasteiger partial charge in [0, 0.05) is 6.04 Å². The van der Waals surface area contributed by atoms with Gasteiger partial charge in [-0.05, 0) is 51.0 Å². The van der Waals surface area contributed by atoms with E-state index in [1.54, 1.807) is 0 Å². The Morgan fingerprint density at radius 2 is 1.53 bits per heavy atom. The van der Waals surface area contributed by atoms with Gasteiger partial charge in [0.1, 0.15) is 0 Å². The van der Waals surface area contributed by atoms with Gasteiger partial charge in [-0.25, -0.2) is 0 Å². The fourth-order valence-electron chi connectivity index (χ4n) is 3.00. The molecule has 0 bridgehead atoms. The van der Waals surface area contributed by atoms with Crippen LogP contribution in [-0.4, -0.2) is 23.8 Å². The van der Waals surface area contributed by atoms with Gasteiger partial charge < -0.3 is 10.4 Å². The fraction of sp³-hybridized carbons (Fsp3) is 1.00. The van der Waals surface area contributed by atoms with E-state index in [1.165, 1.54) is 51.5 Å². The van der Waals surface area contributed by atoms with Crippen LogP contribution in [0.25, 0.3) is 0 Å². The quantitative estimate of drug-likeness (QED) is 0.751. The molecule has 0 unspecified atom stereocenters. The molecule has 2 fully saturated rings. The molecule has 2 aliphatic rings. The molecule has 0 aromatic heterocycles. The first-order chi connectivity index (χ1) is 7.34. The molecular weight excluding hydrogens is 186 g/mol. The van der Waals surface area contributed by atoms with Crippen molar-refractivity contribution >= 4 is 0 Å². The maximum atomic E-state index is 9.42. The molecule has 2 heteroatoms. The number of hydrogen-bond donors (Lipinski definition) is 2. The maximum Gasteiger partial charge on any atom is 0.0541 e. The van der Waals surface area contributed by atoms with Gasteiger partial charge in [0.25, 0.3) is 0 Å². The Morgan fingerprint density at radius 1 is 0.867 bits per heavy atom. The Hall–Kier alpha value is -0.0800. The zero-order valence-corrected chi connectivity index (χ0v) is 9.75. The van der Waals surface area contributed by atoms with Crippen LogP contribution in [0.15, 0.2) is 0 Å². The first-order valence-electron chi connectivity index (χ1n) is 6.76. The lowest BCUT2D eigenvalue weighted by atomic mass is 9.88. The molecular formula is C13H25NO. The highest BCUT2D eigenvalue weighted by molar-refractivity contribution is 4.78. The summed E-state index contributed by atoms with van der Waals surface area (Å²) in [5.41, 5.74) is 0. The molecule has 0 aliphatic heterocycles. The predicted molar refractivity (Wildman–Crippen MR) is 62.8 cm³/mol. The van der Waals surface area contributed by atoms with Crippen molar-refractivity contribution in [2.75, 3.05) is 6.54 Å². The van der Waals surface area contributed by atoms with Crippen LogP contribution in [0.2, 0.25) is 0 Å². The van der Waals surface area contributed by atoms with E-state index in [9.17, 15) is 5.11 Å². The molecule has 0 amide bonds.